The number of hydrogen-bond acceptors (Lipinski definition) is 4. The van der Waals surface area contributed by atoms with Crippen molar-refractivity contribution in [2.45, 2.75) is 6.04 Å². The molecule has 0 saturated heterocycles. The lowest BCUT2D eigenvalue weighted by Gasteiger charge is -2.15. The maximum atomic E-state index is 12.4. The van der Waals surface area contributed by atoms with Crippen molar-refractivity contribution in [1.29, 1.82) is 0 Å². The van der Waals surface area contributed by atoms with Gasteiger partial charge in [0.25, 0.3) is 5.91 Å². The molecule has 24 heavy (non-hydrogen) atoms. The van der Waals surface area contributed by atoms with Crippen LogP contribution in [0.2, 0.25) is 0 Å². The van der Waals surface area contributed by atoms with Crippen LogP contribution in [0.5, 0.6) is 0 Å². The second-order valence-corrected chi connectivity index (χ2v) is 5.38. The zero-order valence-electron chi connectivity index (χ0n) is 12.8. The number of furan rings is 2. The minimum Gasteiger partial charge on any atom is -0.467 e. The second kappa shape index (κ2) is 6.08. The van der Waals surface area contributed by atoms with Crippen molar-refractivity contribution in [3.05, 3.63) is 78.7 Å². The van der Waals surface area contributed by atoms with E-state index in [4.69, 9.17) is 8.83 Å². The van der Waals surface area contributed by atoms with E-state index in [1.165, 1.54) is 0 Å². The molecule has 0 bridgehead atoms. The Bertz CT molecular complexity index is 872. The van der Waals surface area contributed by atoms with E-state index in [0.717, 1.165) is 11.1 Å². The smallest absolute Gasteiger partial charge is 0.287 e. The van der Waals surface area contributed by atoms with Gasteiger partial charge in [0.15, 0.2) is 5.76 Å². The highest BCUT2D eigenvalue weighted by atomic mass is 16.3. The minimum atomic E-state index is -0.269. The average molecular weight is 321 g/mol. The van der Waals surface area contributed by atoms with Crippen molar-refractivity contribution >= 4 is 16.9 Å². The summed E-state index contributed by atoms with van der Waals surface area (Å²) >= 11 is 0. The molecule has 0 fully saturated rings. The zero-order valence-corrected chi connectivity index (χ0v) is 12.8. The van der Waals surface area contributed by atoms with Gasteiger partial charge in [0.1, 0.15) is 17.4 Å². The first-order valence-corrected chi connectivity index (χ1v) is 7.60. The summed E-state index contributed by atoms with van der Waals surface area (Å²) in [7, 11) is 0. The van der Waals surface area contributed by atoms with Crippen LogP contribution in [0.3, 0.4) is 0 Å². The summed E-state index contributed by atoms with van der Waals surface area (Å²) < 4.78 is 12.8. The first-order valence-electron chi connectivity index (χ1n) is 7.60. The molecule has 1 amide bonds. The molecule has 0 aliphatic rings. The summed E-state index contributed by atoms with van der Waals surface area (Å²) in [5.41, 5.74) is 0.692. The highest BCUT2D eigenvalue weighted by Gasteiger charge is 2.19. The van der Waals surface area contributed by atoms with Gasteiger partial charge in [-0.25, -0.2) is 0 Å². The molecule has 6 nitrogen and oxygen atoms in total. The number of carbonyl (C=O) groups excluding carboxylic acids is 1. The number of nitrogens with zero attached hydrogens (tertiary/aromatic N) is 2. The lowest BCUT2D eigenvalue weighted by molar-refractivity contribution is 0.0922. The quantitative estimate of drug-likeness (QED) is 0.612. The normalized spacial score (nSPS) is 12.3. The van der Waals surface area contributed by atoms with Gasteiger partial charge >= 0.3 is 0 Å². The maximum absolute atomic E-state index is 12.4. The van der Waals surface area contributed by atoms with Crippen LogP contribution in [-0.2, 0) is 0 Å². The number of aromatic nitrogens is 2. The Morgan fingerprint density at radius 2 is 2.12 bits per heavy atom. The van der Waals surface area contributed by atoms with Gasteiger partial charge in [-0.2, -0.15) is 5.10 Å². The van der Waals surface area contributed by atoms with Gasteiger partial charge in [-0.1, -0.05) is 18.2 Å². The Balaban J connectivity index is 1.52. The summed E-state index contributed by atoms with van der Waals surface area (Å²) in [5.74, 6) is 0.744. The van der Waals surface area contributed by atoms with Crippen LogP contribution in [-0.4, -0.2) is 22.2 Å². The molecule has 3 heterocycles. The van der Waals surface area contributed by atoms with Crippen molar-refractivity contribution in [2.24, 2.45) is 0 Å². The van der Waals surface area contributed by atoms with Crippen molar-refractivity contribution in [3.8, 4) is 0 Å². The molecule has 0 spiro atoms. The second-order valence-electron chi connectivity index (χ2n) is 5.38. The standard InChI is InChI=1S/C18H15N3O3/c22-18(17-11-13-5-1-2-6-15(13)24-17)19-12-14(16-7-3-10-23-16)21-9-4-8-20-21/h1-11,14H,12H2,(H,19,22)/t14-/m1/s1. The van der Waals surface area contributed by atoms with Gasteiger partial charge in [0.05, 0.1) is 6.26 Å². The van der Waals surface area contributed by atoms with E-state index in [2.05, 4.69) is 10.4 Å². The number of para-hydroxylation sites is 1. The van der Waals surface area contributed by atoms with E-state index in [0.29, 0.717) is 12.1 Å². The molecular formula is C18H15N3O3. The van der Waals surface area contributed by atoms with Gasteiger partial charge in [0, 0.05) is 24.3 Å². The van der Waals surface area contributed by atoms with Gasteiger partial charge in [-0.05, 0) is 30.3 Å². The number of nitrogens with one attached hydrogen (secondary N) is 1. The molecule has 0 aliphatic carbocycles. The minimum absolute atomic E-state index is 0.219. The number of hydrogen-bond donors (Lipinski definition) is 1. The van der Waals surface area contributed by atoms with E-state index in [-0.39, 0.29) is 17.7 Å². The van der Waals surface area contributed by atoms with Crippen molar-refractivity contribution in [2.75, 3.05) is 6.54 Å². The monoisotopic (exact) mass is 321 g/mol. The number of benzene rings is 1. The fourth-order valence-corrected chi connectivity index (χ4v) is 2.64. The fraction of sp³-hybridized carbons (Fsp3) is 0.111. The van der Waals surface area contributed by atoms with Crippen LogP contribution >= 0.6 is 0 Å². The molecule has 4 rings (SSSR count). The maximum Gasteiger partial charge on any atom is 0.287 e. The molecule has 1 N–H and O–H groups in total. The SMILES string of the molecule is O=C(NC[C@H](c1ccco1)n1cccn1)c1cc2ccccc2o1. The number of rotatable bonds is 5. The van der Waals surface area contributed by atoms with Crippen LogP contribution in [0.25, 0.3) is 11.0 Å². The first kappa shape index (κ1) is 14.3. The Labute approximate surface area is 137 Å². The molecule has 3 aromatic heterocycles. The van der Waals surface area contributed by atoms with E-state index >= 15 is 0 Å². The van der Waals surface area contributed by atoms with Crippen molar-refractivity contribution in [3.63, 3.8) is 0 Å². The van der Waals surface area contributed by atoms with Gasteiger partial charge in [0.2, 0.25) is 0 Å². The van der Waals surface area contributed by atoms with E-state index in [1.54, 1.807) is 23.2 Å². The van der Waals surface area contributed by atoms with Crippen LogP contribution < -0.4 is 5.32 Å². The van der Waals surface area contributed by atoms with Crippen molar-refractivity contribution < 1.29 is 13.6 Å². The first-order chi connectivity index (χ1) is 11.8. The van der Waals surface area contributed by atoms with Crippen LogP contribution in [0.1, 0.15) is 22.4 Å². The highest BCUT2D eigenvalue weighted by Crippen LogP contribution is 2.20. The summed E-state index contributed by atoms with van der Waals surface area (Å²) in [6, 6.07) is 14.5. The lowest BCUT2D eigenvalue weighted by Crippen LogP contribution is -2.31. The summed E-state index contributed by atoms with van der Waals surface area (Å²) in [5, 5.41) is 8.02. The molecule has 1 aromatic carbocycles. The van der Waals surface area contributed by atoms with Gasteiger partial charge in [-0.3, -0.25) is 9.48 Å². The molecule has 6 heteroatoms. The van der Waals surface area contributed by atoms with E-state index in [9.17, 15) is 4.79 Å². The summed E-state index contributed by atoms with van der Waals surface area (Å²) in [4.78, 5) is 12.4. The molecule has 0 radical (unpaired) electrons. The van der Waals surface area contributed by atoms with Crippen LogP contribution in [0.15, 0.2) is 76.0 Å². The molecule has 120 valence electrons. The van der Waals surface area contributed by atoms with Gasteiger partial charge in [-0.15, -0.1) is 0 Å². The predicted molar refractivity (Wildman–Crippen MR) is 87.6 cm³/mol. The van der Waals surface area contributed by atoms with Crippen LogP contribution in [0.4, 0.5) is 0 Å². The largest absolute Gasteiger partial charge is 0.467 e. The number of carbonyl (C=O) groups is 1. The Morgan fingerprint density at radius 3 is 2.88 bits per heavy atom. The molecule has 4 aromatic rings. The molecule has 0 unspecified atom stereocenters. The third kappa shape index (κ3) is 2.69. The Kier molecular flexibility index (Phi) is 3.63. The fourth-order valence-electron chi connectivity index (χ4n) is 2.64. The summed E-state index contributed by atoms with van der Waals surface area (Å²) in [6.07, 6.45) is 5.13. The predicted octanol–water partition coefficient (Wildman–Crippen LogP) is 3.24. The van der Waals surface area contributed by atoms with Gasteiger partial charge < -0.3 is 14.2 Å². The lowest BCUT2D eigenvalue weighted by atomic mass is 10.2. The Morgan fingerprint density at radius 1 is 1.21 bits per heavy atom. The number of fused-ring (bicyclic) bond motifs is 1. The molecule has 0 aliphatic heterocycles. The molecular weight excluding hydrogens is 306 g/mol. The van der Waals surface area contributed by atoms with E-state index < -0.39 is 0 Å². The molecule has 1 atom stereocenters. The Hall–Kier alpha value is -3.28. The van der Waals surface area contributed by atoms with Crippen molar-refractivity contribution in [1.82, 2.24) is 15.1 Å². The summed E-state index contributed by atoms with van der Waals surface area (Å²) in [6.45, 7) is 0.338. The topological polar surface area (TPSA) is 73.2 Å². The third-order valence-electron chi connectivity index (χ3n) is 3.82. The number of amides is 1. The average Bonchev–Trinajstić information content (AvgIpc) is 3.35. The van der Waals surface area contributed by atoms with Crippen LogP contribution in [0, 0.1) is 0 Å². The molecule has 0 saturated carbocycles. The zero-order chi connectivity index (χ0) is 16.4. The highest BCUT2D eigenvalue weighted by molar-refractivity contribution is 5.96. The van der Waals surface area contributed by atoms with E-state index in [1.807, 2.05) is 48.7 Å². The third-order valence-corrected chi connectivity index (χ3v) is 3.82.